The molecule has 25 heavy (non-hydrogen) atoms. The van der Waals surface area contributed by atoms with Gasteiger partial charge < -0.3 is 20.1 Å². The fourth-order valence-corrected chi connectivity index (χ4v) is 4.17. The summed E-state index contributed by atoms with van der Waals surface area (Å²) in [5.41, 5.74) is 2.56. The lowest BCUT2D eigenvalue weighted by atomic mass is 9.87. The van der Waals surface area contributed by atoms with Crippen LogP contribution in [0.2, 0.25) is 0 Å². The fourth-order valence-electron chi connectivity index (χ4n) is 4.17. The van der Waals surface area contributed by atoms with Crippen molar-refractivity contribution in [3.63, 3.8) is 0 Å². The molecule has 5 nitrogen and oxygen atoms in total. The topological polar surface area (TPSA) is 61.8 Å². The van der Waals surface area contributed by atoms with Gasteiger partial charge in [-0.25, -0.2) is 4.79 Å². The summed E-state index contributed by atoms with van der Waals surface area (Å²) >= 11 is 0. The zero-order chi connectivity index (χ0) is 17.6. The van der Waals surface area contributed by atoms with Gasteiger partial charge in [0, 0.05) is 25.8 Å². The molecule has 1 aromatic rings. The molecular weight excluding hydrogens is 316 g/mol. The van der Waals surface area contributed by atoms with Crippen LogP contribution in [0, 0.1) is 5.92 Å². The Kier molecular flexibility index (Phi) is 6.32. The number of rotatable bonds is 5. The van der Waals surface area contributed by atoms with Crippen LogP contribution in [-0.4, -0.2) is 48.4 Å². The monoisotopic (exact) mass is 346 g/mol. The average Bonchev–Trinajstić information content (AvgIpc) is 2.66. The van der Waals surface area contributed by atoms with Gasteiger partial charge in [0.2, 0.25) is 0 Å². The number of nitrogens with one attached hydrogen (secondary N) is 1. The molecule has 0 aromatic heterocycles. The lowest BCUT2D eigenvalue weighted by Crippen LogP contribution is -2.49. The van der Waals surface area contributed by atoms with Gasteiger partial charge in [-0.2, -0.15) is 0 Å². The Morgan fingerprint density at radius 3 is 2.84 bits per heavy atom. The quantitative estimate of drug-likeness (QED) is 0.862. The summed E-state index contributed by atoms with van der Waals surface area (Å²) < 4.78 is 5.42. The third-order valence-electron chi connectivity index (χ3n) is 5.64. The van der Waals surface area contributed by atoms with Crippen molar-refractivity contribution in [1.82, 2.24) is 10.2 Å². The van der Waals surface area contributed by atoms with Gasteiger partial charge in [0.15, 0.2) is 0 Å². The molecule has 1 fully saturated rings. The van der Waals surface area contributed by atoms with Gasteiger partial charge in [-0.3, -0.25) is 0 Å². The Hall–Kier alpha value is -1.59. The molecule has 2 amide bonds. The maximum Gasteiger partial charge on any atom is 0.318 e. The predicted molar refractivity (Wildman–Crippen MR) is 97.4 cm³/mol. The van der Waals surface area contributed by atoms with Crippen LogP contribution < -0.4 is 5.32 Å². The first-order valence-corrected chi connectivity index (χ1v) is 9.54. The van der Waals surface area contributed by atoms with E-state index in [2.05, 4.69) is 30.4 Å². The van der Waals surface area contributed by atoms with Crippen molar-refractivity contribution in [3.8, 4) is 0 Å². The van der Waals surface area contributed by atoms with Crippen molar-refractivity contribution in [2.24, 2.45) is 5.92 Å². The minimum atomic E-state index is -0.0604. The fraction of sp³-hybridized carbons (Fsp3) is 0.650. The first-order valence-electron chi connectivity index (χ1n) is 9.54. The highest BCUT2D eigenvalue weighted by molar-refractivity contribution is 5.75. The number of benzene rings is 1. The third kappa shape index (κ3) is 4.33. The van der Waals surface area contributed by atoms with Crippen LogP contribution in [0.25, 0.3) is 0 Å². The van der Waals surface area contributed by atoms with Crippen LogP contribution >= 0.6 is 0 Å². The van der Waals surface area contributed by atoms with Gasteiger partial charge in [-0.1, -0.05) is 24.3 Å². The van der Waals surface area contributed by atoms with E-state index in [1.807, 2.05) is 11.0 Å². The Bertz CT molecular complexity index is 572. The second kappa shape index (κ2) is 8.68. The molecule has 2 unspecified atom stereocenters. The van der Waals surface area contributed by atoms with E-state index in [0.29, 0.717) is 12.5 Å². The van der Waals surface area contributed by atoms with Gasteiger partial charge >= 0.3 is 6.03 Å². The summed E-state index contributed by atoms with van der Waals surface area (Å²) in [5, 5.41) is 12.7. The molecule has 0 saturated carbocycles. The van der Waals surface area contributed by atoms with Gasteiger partial charge in [0.25, 0.3) is 0 Å². The van der Waals surface area contributed by atoms with E-state index in [4.69, 9.17) is 4.74 Å². The summed E-state index contributed by atoms with van der Waals surface area (Å²) in [5.74, 6) is 0.465. The van der Waals surface area contributed by atoms with Crippen molar-refractivity contribution >= 4 is 6.03 Å². The van der Waals surface area contributed by atoms with Crippen LogP contribution in [0.4, 0.5) is 4.79 Å². The zero-order valence-electron chi connectivity index (χ0n) is 15.1. The van der Waals surface area contributed by atoms with Crippen molar-refractivity contribution in [3.05, 3.63) is 35.4 Å². The zero-order valence-corrected chi connectivity index (χ0v) is 15.1. The molecule has 2 atom stereocenters. The second-order valence-electron chi connectivity index (χ2n) is 7.21. The number of hydrogen-bond donors (Lipinski definition) is 2. The third-order valence-corrected chi connectivity index (χ3v) is 5.64. The van der Waals surface area contributed by atoms with E-state index in [0.717, 1.165) is 45.3 Å². The minimum absolute atomic E-state index is 0.0161. The number of ether oxygens (including phenoxy) is 1. The van der Waals surface area contributed by atoms with Gasteiger partial charge in [-0.05, 0) is 56.1 Å². The lowest BCUT2D eigenvalue weighted by Gasteiger charge is -2.37. The number of aryl methyl sites for hydroxylation is 1. The number of hydrogen-bond acceptors (Lipinski definition) is 3. The summed E-state index contributed by atoms with van der Waals surface area (Å²) in [7, 11) is 0. The first-order chi connectivity index (χ1) is 12.2. The van der Waals surface area contributed by atoms with Crippen molar-refractivity contribution < 1.29 is 14.6 Å². The maximum absolute atomic E-state index is 13.0. The maximum atomic E-state index is 13.0. The van der Waals surface area contributed by atoms with Crippen LogP contribution in [0.3, 0.4) is 0 Å². The standard InChI is InChI=1S/C20H30N2O3/c1-15(16-9-13-25-14-10-16)21-20(24)22(11-12-23)19-8-4-6-17-5-2-3-7-18(17)19/h2-3,5,7,15-16,19,23H,4,6,8-14H2,1H3,(H,21,24). The number of carbonyl (C=O) groups is 1. The number of fused-ring (bicyclic) bond motifs is 1. The Balaban J connectivity index is 1.71. The van der Waals surface area contributed by atoms with E-state index in [1.54, 1.807) is 0 Å². The molecule has 1 heterocycles. The second-order valence-corrected chi connectivity index (χ2v) is 7.21. The number of amides is 2. The highest BCUT2D eigenvalue weighted by Gasteiger charge is 2.30. The number of aliphatic hydroxyl groups excluding tert-OH is 1. The summed E-state index contributed by atoms with van der Waals surface area (Å²) in [4.78, 5) is 14.8. The van der Waals surface area contributed by atoms with Crippen LogP contribution in [0.1, 0.15) is 49.8 Å². The Morgan fingerprint density at radius 2 is 2.08 bits per heavy atom. The molecule has 1 aliphatic carbocycles. The molecule has 2 aliphatic rings. The van der Waals surface area contributed by atoms with Gasteiger partial charge in [-0.15, -0.1) is 0 Å². The van der Waals surface area contributed by atoms with Crippen molar-refractivity contribution in [2.75, 3.05) is 26.4 Å². The highest BCUT2D eigenvalue weighted by atomic mass is 16.5. The molecule has 1 aliphatic heterocycles. The number of aliphatic hydroxyl groups is 1. The summed E-state index contributed by atoms with van der Waals surface area (Å²) in [6.07, 6.45) is 5.09. The van der Waals surface area contributed by atoms with Crippen LogP contribution in [-0.2, 0) is 11.2 Å². The highest BCUT2D eigenvalue weighted by Crippen LogP contribution is 2.34. The lowest BCUT2D eigenvalue weighted by molar-refractivity contribution is 0.0553. The molecule has 0 spiro atoms. The molecule has 138 valence electrons. The molecular formula is C20H30N2O3. The smallest absolute Gasteiger partial charge is 0.318 e. The van der Waals surface area contributed by atoms with Gasteiger partial charge in [0.05, 0.1) is 12.6 Å². The molecule has 0 radical (unpaired) electrons. The van der Waals surface area contributed by atoms with E-state index in [-0.39, 0.29) is 24.7 Å². The van der Waals surface area contributed by atoms with E-state index in [1.165, 1.54) is 11.1 Å². The van der Waals surface area contributed by atoms with Gasteiger partial charge in [0.1, 0.15) is 0 Å². The number of carbonyl (C=O) groups excluding carboxylic acids is 1. The normalized spacial score (nSPS) is 22.1. The largest absolute Gasteiger partial charge is 0.395 e. The molecule has 0 bridgehead atoms. The SMILES string of the molecule is CC(NC(=O)N(CCO)C1CCCc2ccccc21)C1CCOCC1. The number of nitrogens with zero attached hydrogens (tertiary/aromatic N) is 1. The summed E-state index contributed by atoms with van der Waals surface area (Å²) in [6, 6.07) is 8.49. The Morgan fingerprint density at radius 1 is 1.32 bits per heavy atom. The molecule has 1 aromatic carbocycles. The number of urea groups is 1. The van der Waals surface area contributed by atoms with Crippen molar-refractivity contribution in [2.45, 2.75) is 51.1 Å². The average molecular weight is 346 g/mol. The molecule has 2 N–H and O–H groups in total. The van der Waals surface area contributed by atoms with E-state index < -0.39 is 0 Å². The van der Waals surface area contributed by atoms with Crippen molar-refractivity contribution in [1.29, 1.82) is 0 Å². The molecule has 1 saturated heterocycles. The van der Waals surface area contributed by atoms with E-state index >= 15 is 0 Å². The predicted octanol–water partition coefficient (Wildman–Crippen LogP) is 2.88. The molecule has 3 rings (SSSR count). The van der Waals surface area contributed by atoms with E-state index in [9.17, 15) is 9.90 Å². The van der Waals surface area contributed by atoms with Crippen LogP contribution in [0.5, 0.6) is 0 Å². The molecule has 5 heteroatoms. The summed E-state index contributed by atoms with van der Waals surface area (Å²) in [6.45, 7) is 3.99. The first kappa shape index (κ1) is 18.2. The van der Waals surface area contributed by atoms with Crippen LogP contribution in [0.15, 0.2) is 24.3 Å². The Labute approximate surface area is 150 Å². The minimum Gasteiger partial charge on any atom is -0.395 e.